The lowest BCUT2D eigenvalue weighted by Crippen LogP contribution is -2.27. The molecular weight excluding hydrogens is 442 g/mol. The van der Waals surface area contributed by atoms with Gasteiger partial charge in [0.25, 0.3) is 5.91 Å². The molecule has 0 fully saturated rings. The van der Waals surface area contributed by atoms with Crippen molar-refractivity contribution in [1.29, 1.82) is 0 Å². The third-order valence-corrected chi connectivity index (χ3v) is 5.50. The number of carbonyl (C=O) groups is 1. The highest BCUT2D eigenvalue weighted by Gasteiger charge is 2.14. The molecule has 4 aromatic rings. The number of aromatic nitrogens is 2. The maximum absolute atomic E-state index is 12.6. The van der Waals surface area contributed by atoms with E-state index < -0.39 is 0 Å². The van der Waals surface area contributed by atoms with Gasteiger partial charge in [0.05, 0.1) is 23.7 Å². The fraction of sp³-hybridized carbons (Fsp3) is 0.167. The van der Waals surface area contributed by atoms with E-state index in [0.717, 1.165) is 27.9 Å². The first-order chi connectivity index (χ1) is 14.7. The number of para-hydroxylation sites is 3. The van der Waals surface area contributed by atoms with Crippen molar-refractivity contribution in [1.82, 2.24) is 14.9 Å². The van der Waals surface area contributed by atoms with Crippen molar-refractivity contribution >= 4 is 32.9 Å². The number of fused-ring (bicyclic) bond motifs is 1. The zero-order valence-corrected chi connectivity index (χ0v) is 18.2. The third kappa shape index (κ3) is 4.39. The van der Waals surface area contributed by atoms with Crippen molar-refractivity contribution in [2.45, 2.75) is 13.0 Å². The number of nitrogens with zero attached hydrogens (tertiary/aromatic N) is 2. The molecular formula is C24H22BrN3O2. The van der Waals surface area contributed by atoms with Gasteiger partial charge in [-0.3, -0.25) is 4.79 Å². The maximum Gasteiger partial charge on any atom is 0.255 e. The quantitative estimate of drug-likeness (QED) is 0.427. The number of rotatable bonds is 7. The monoisotopic (exact) mass is 463 g/mol. The van der Waals surface area contributed by atoms with Crippen LogP contribution < -0.4 is 10.1 Å². The van der Waals surface area contributed by atoms with Crippen LogP contribution >= 0.6 is 15.9 Å². The van der Waals surface area contributed by atoms with Crippen LogP contribution in [0.4, 0.5) is 0 Å². The number of imidazole rings is 1. The number of nitrogens with one attached hydrogen (secondary N) is 1. The molecule has 5 nitrogen and oxygen atoms in total. The molecule has 0 bridgehead atoms. The van der Waals surface area contributed by atoms with Crippen LogP contribution in [0, 0.1) is 0 Å². The summed E-state index contributed by atoms with van der Waals surface area (Å²) in [6, 6.07) is 23.6. The van der Waals surface area contributed by atoms with Gasteiger partial charge in [-0.05, 0) is 42.0 Å². The molecule has 0 aliphatic rings. The van der Waals surface area contributed by atoms with E-state index in [2.05, 4.69) is 44.0 Å². The van der Waals surface area contributed by atoms with E-state index in [-0.39, 0.29) is 5.91 Å². The predicted octanol–water partition coefficient (Wildman–Crippen LogP) is 4.83. The first-order valence-corrected chi connectivity index (χ1v) is 10.5. The Morgan fingerprint density at radius 2 is 1.77 bits per heavy atom. The summed E-state index contributed by atoms with van der Waals surface area (Å²) in [5.41, 5.74) is 3.77. The lowest BCUT2D eigenvalue weighted by Gasteiger charge is -2.11. The molecule has 0 unspecified atom stereocenters. The van der Waals surface area contributed by atoms with E-state index in [0.29, 0.717) is 24.3 Å². The van der Waals surface area contributed by atoms with Gasteiger partial charge in [-0.1, -0.05) is 52.3 Å². The van der Waals surface area contributed by atoms with Crippen LogP contribution in [-0.2, 0) is 13.0 Å². The van der Waals surface area contributed by atoms with Gasteiger partial charge in [0.2, 0.25) is 0 Å². The number of benzene rings is 3. The van der Waals surface area contributed by atoms with Crippen LogP contribution in [0.3, 0.4) is 0 Å². The molecule has 0 spiro atoms. The van der Waals surface area contributed by atoms with E-state index in [1.54, 1.807) is 19.2 Å². The predicted molar refractivity (Wildman–Crippen MR) is 122 cm³/mol. The SMILES string of the molecule is COc1ccccc1C(=O)NCCc1nc2ccccc2n1Cc1ccc(Br)cc1. The molecule has 0 radical (unpaired) electrons. The number of methoxy groups -OCH3 is 1. The van der Waals surface area contributed by atoms with Gasteiger partial charge in [-0.15, -0.1) is 0 Å². The highest BCUT2D eigenvalue weighted by Crippen LogP contribution is 2.20. The van der Waals surface area contributed by atoms with Gasteiger partial charge in [0.1, 0.15) is 11.6 Å². The van der Waals surface area contributed by atoms with Gasteiger partial charge in [0.15, 0.2) is 0 Å². The van der Waals surface area contributed by atoms with Crippen LogP contribution in [0.1, 0.15) is 21.7 Å². The number of halogens is 1. The molecule has 0 atom stereocenters. The highest BCUT2D eigenvalue weighted by molar-refractivity contribution is 9.10. The standard InChI is InChI=1S/C24H22BrN3O2/c1-30-22-9-5-2-6-19(22)24(29)26-15-14-23-27-20-7-3-4-8-21(20)28(23)16-17-10-12-18(25)13-11-17/h2-13H,14-16H2,1H3,(H,26,29). The van der Waals surface area contributed by atoms with E-state index in [1.807, 2.05) is 42.5 Å². The van der Waals surface area contributed by atoms with Crippen molar-refractivity contribution in [2.24, 2.45) is 0 Å². The Kier molecular flexibility index (Phi) is 6.14. The first-order valence-electron chi connectivity index (χ1n) is 9.75. The summed E-state index contributed by atoms with van der Waals surface area (Å²) in [6.45, 7) is 1.21. The van der Waals surface area contributed by atoms with E-state index >= 15 is 0 Å². The molecule has 1 N–H and O–H groups in total. The Bertz CT molecular complexity index is 1170. The molecule has 30 heavy (non-hydrogen) atoms. The van der Waals surface area contributed by atoms with Crippen LogP contribution in [0.15, 0.2) is 77.3 Å². The highest BCUT2D eigenvalue weighted by atomic mass is 79.9. The van der Waals surface area contributed by atoms with Crippen molar-refractivity contribution in [3.05, 3.63) is 94.2 Å². The molecule has 152 valence electrons. The Balaban J connectivity index is 1.52. The lowest BCUT2D eigenvalue weighted by atomic mass is 10.2. The summed E-state index contributed by atoms with van der Waals surface area (Å²) in [7, 11) is 1.57. The molecule has 1 amide bonds. The minimum atomic E-state index is -0.150. The normalized spacial score (nSPS) is 10.9. The van der Waals surface area contributed by atoms with E-state index in [4.69, 9.17) is 9.72 Å². The van der Waals surface area contributed by atoms with Crippen molar-refractivity contribution in [2.75, 3.05) is 13.7 Å². The lowest BCUT2D eigenvalue weighted by molar-refractivity contribution is 0.0951. The largest absolute Gasteiger partial charge is 0.496 e. The Morgan fingerprint density at radius 1 is 1.03 bits per heavy atom. The maximum atomic E-state index is 12.6. The second-order valence-corrected chi connectivity index (χ2v) is 7.85. The van der Waals surface area contributed by atoms with Crippen LogP contribution in [0.5, 0.6) is 5.75 Å². The zero-order valence-electron chi connectivity index (χ0n) is 16.6. The third-order valence-electron chi connectivity index (χ3n) is 4.97. The fourth-order valence-electron chi connectivity index (χ4n) is 3.48. The van der Waals surface area contributed by atoms with Gasteiger partial charge in [-0.25, -0.2) is 4.98 Å². The van der Waals surface area contributed by atoms with Crippen molar-refractivity contribution in [3.63, 3.8) is 0 Å². The zero-order chi connectivity index (χ0) is 20.9. The molecule has 1 heterocycles. The summed E-state index contributed by atoms with van der Waals surface area (Å²) < 4.78 is 8.56. The minimum Gasteiger partial charge on any atom is -0.496 e. The van der Waals surface area contributed by atoms with Gasteiger partial charge in [0, 0.05) is 24.0 Å². The van der Waals surface area contributed by atoms with Crippen LogP contribution in [0.25, 0.3) is 11.0 Å². The van der Waals surface area contributed by atoms with Crippen molar-refractivity contribution in [3.8, 4) is 5.75 Å². The summed E-state index contributed by atoms with van der Waals surface area (Å²) in [5, 5.41) is 2.99. The first kappa shape index (κ1) is 20.2. The molecule has 1 aromatic heterocycles. The molecule has 0 saturated heterocycles. The summed E-state index contributed by atoms with van der Waals surface area (Å²) in [6.07, 6.45) is 0.631. The molecule has 4 rings (SSSR count). The van der Waals surface area contributed by atoms with E-state index in [1.165, 1.54) is 5.56 Å². The summed E-state index contributed by atoms with van der Waals surface area (Å²) in [4.78, 5) is 17.4. The molecule has 0 saturated carbocycles. The topological polar surface area (TPSA) is 56.1 Å². The average molecular weight is 464 g/mol. The minimum absolute atomic E-state index is 0.150. The Labute approximate surface area is 183 Å². The second kappa shape index (κ2) is 9.13. The van der Waals surface area contributed by atoms with Gasteiger partial charge >= 0.3 is 0 Å². The number of ether oxygens (including phenoxy) is 1. The molecule has 0 aliphatic heterocycles. The van der Waals surface area contributed by atoms with Gasteiger partial charge < -0.3 is 14.6 Å². The summed E-state index contributed by atoms with van der Waals surface area (Å²) >= 11 is 3.49. The molecule has 3 aromatic carbocycles. The Hall–Kier alpha value is -3.12. The number of carbonyl (C=O) groups excluding carboxylic acids is 1. The number of amides is 1. The second-order valence-electron chi connectivity index (χ2n) is 6.94. The Morgan fingerprint density at radius 3 is 2.57 bits per heavy atom. The fourth-order valence-corrected chi connectivity index (χ4v) is 3.74. The molecule has 6 heteroatoms. The van der Waals surface area contributed by atoms with Crippen LogP contribution in [-0.4, -0.2) is 29.1 Å². The average Bonchev–Trinajstić information content (AvgIpc) is 3.12. The van der Waals surface area contributed by atoms with E-state index in [9.17, 15) is 4.79 Å². The summed E-state index contributed by atoms with van der Waals surface area (Å²) in [5.74, 6) is 1.36. The number of hydrogen-bond donors (Lipinski definition) is 1. The molecule has 0 aliphatic carbocycles. The van der Waals surface area contributed by atoms with Crippen molar-refractivity contribution < 1.29 is 9.53 Å². The smallest absolute Gasteiger partial charge is 0.255 e. The van der Waals surface area contributed by atoms with Crippen LogP contribution in [0.2, 0.25) is 0 Å². The number of hydrogen-bond acceptors (Lipinski definition) is 3. The van der Waals surface area contributed by atoms with Gasteiger partial charge in [-0.2, -0.15) is 0 Å².